The Kier molecular flexibility index (Phi) is 4.49. The van der Waals surface area contributed by atoms with E-state index in [-0.39, 0.29) is 5.91 Å². The van der Waals surface area contributed by atoms with E-state index in [2.05, 4.69) is 20.5 Å². The Hall–Kier alpha value is -3.34. The van der Waals surface area contributed by atoms with E-state index < -0.39 is 0 Å². The van der Waals surface area contributed by atoms with Crippen molar-refractivity contribution >= 4 is 11.6 Å². The third-order valence-electron chi connectivity index (χ3n) is 3.21. The van der Waals surface area contributed by atoms with Crippen LogP contribution >= 0.6 is 0 Å². The predicted octanol–water partition coefficient (Wildman–Crippen LogP) is 2.66. The van der Waals surface area contributed by atoms with Gasteiger partial charge in [-0.2, -0.15) is 5.10 Å². The standard InChI is InChI=1S/C18H14N4O/c23-18(16-8-12-20-13-9-16)22-21-17(14-4-2-1-3-5-14)15-6-10-19-11-7-15/h1-13H,(H,22,23)/b21-17+. The van der Waals surface area contributed by atoms with Gasteiger partial charge in [-0.05, 0) is 24.3 Å². The van der Waals surface area contributed by atoms with Crippen LogP contribution in [-0.4, -0.2) is 21.6 Å². The molecule has 3 rings (SSSR count). The number of rotatable bonds is 4. The van der Waals surface area contributed by atoms with Crippen molar-refractivity contribution in [2.75, 3.05) is 0 Å². The minimum Gasteiger partial charge on any atom is -0.267 e. The molecule has 112 valence electrons. The summed E-state index contributed by atoms with van der Waals surface area (Å²) < 4.78 is 0. The third-order valence-corrected chi connectivity index (χ3v) is 3.21. The second-order valence-corrected chi connectivity index (χ2v) is 4.74. The van der Waals surface area contributed by atoms with Gasteiger partial charge in [-0.15, -0.1) is 0 Å². The first-order valence-electron chi connectivity index (χ1n) is 7.08. The molecule has 23 heavy (non-hydrogen) atoms. The van der Waals surface area contributed by atoms with Crippen LogP contribution in [0.1, 0.15) is 21.5 Å². The molecule has 0 aliphatic heterocycles. The van der Waals surface area contributed by atoms with E-state index in [0.29, 0.717) is 11.3 Å². The molecule has 0 aliphatic rings. The van der Waals surface area contributed by atoms with Crippen LogP contribution < -0.4 is 5.43 Å². The van der Waals surface area contributed by atoms with Crippen molar-refractivity contribution < 1.29 is 4.79 Å². The minimum absolute atomic E-state index is 0.283. The highest BCUT2D eigenvalue weighted by Gasteiger charge is 2.09. The zero-order valence-electron chi connectivity index (χ0n) is 12.3. The summed E-state index contributed by atoms with van der Waals surface area (Å²) in [6.45, 7) is 0. The van der Waals surface area contributed by atoms with Crippen molar-refractivity contribution in [3.63, 3.8) is 0 Å². The van der Waals surface area contributed by atoms with E-state index in [1.807, 2.05) is 42.5 Å². The van der Waals surface area contributed by atoms with Gasteiger partial charge in [0.05, 0.1) is 5.71 Å². The van der Waals surface area contributed by atoms with Gasteiger partial charge in [0.25, 0.3) is 5.91 Å². The Labute approximate surface area is 133 Å². The molecule has 0 fully saturated rings. The molecule has 1 N–H and O–H groups in total. The predicted molar refractivity (Wildman–Crippen MR) is 88.0 cm³/mol. The van der Waals surface area contributed by atoms with Crippen LogP contribution in [0.5, 0.6) is 0 Å². The first kappa shape index (κ1) is 14.6. The van der Waals surface area contributed by atoms with Crippen molar-refractivity contribution in [2.24, 2.45) is 5.10 Å². The Morgan fingerprint density at radius 2 is 1.26 bits per heavy atom. The molecular formula is C18H14N4O. The van der Waals surface area contributed by atoms with Gasteiger partial charge in [-0.25, -0.2) is 5.43 Å². The quantitative estimate of drug-likeness (QED) is 0.595. The number of amides is 1. The fourth-order valence-electron chi connectivity index (χ4n) is 2.08. The van der Waals surface area contributed by atoms with Gasteiger partial charge in [0, 0.05) is 41.5 Å². The Balaban J connectivity index is 1.91. The lowest BCUT2D eigenvalue weighted by molar-refractivity contribution is 0.0955. The van der Waals surface area contributed by atoms with Crippen molar-refractivity contribution in [2.45, 2.75) is 0 Å². The molecule has 0 bridgehead atoms. The number of hydrazone groups is 1. The lowest BCUT2D eigenvalue weighted by Crippen LogP contribution is -2.20. The van der Waals surface area contributed by atoms with Crippen molar-refractivity contribution in [1.29, 1.82) is 0 Å². The molecular weight excluding hydrogens is 288 g/mol. The number of hydrogen-bond acceptors (Lipinski definition) is 4. The molecule has 1 amide bonds. The number of nitrogens with zero attached hydrogens (tertiary/aromatic N) is 3. The molecule has 0 saturated heterocycles. The summed E-state index contributed by atoms with van der Waals surface area (Å²) in [4.78, 5) is 20.1. The van der Waals surface area contributed by atoms with Crippen LogP contribution in [0.25, 0.3) is 0 Å². The van der Waals surface area contributed by atoms with E-state index in [0.717, 1.165) is 11.1 Å². The fourth-order valence-corrected chi connectivity index (χ4v) is 2.08. The van der Waals surface area contributed by atoms with Gasteiger partial charge >= 0.3 is 0 Å². The number of carbonyl (C=O) groups is 1. The Bertz CT molecular complexity index is 761. The largest absolute Gasteiger partial charge is 0.271 e. The average Bonchev–Trinajstić information content (AvgIpc) is 2.64. The molecule has 2 aromatic heterocycles. The number of aromatic nitrogens is 2. The highest BCUT2D eigenvalue weighted by Crippen LogP contribution is 2.10. The van der Waals surface area contributed by atoms with Crippen LogP contribution in [0.3, 0.4) is 0 Å². The Morgan fingerprint density at radius 3 is 1.87 bits per heavy atom. The number of benzene rings is 1. The maximum Gasteiger partial charge on any atom is 0.271 e. The van der Waals surface area contributed by atoms with E-state index in [4.69, 9.17) is 0 Å². The third kappa shape index (κ3) is 3.65. The van der Waals surface area contributed by atoms with Gasteiger partial charge in [0.15, 0.2) is 0 Å². The monoisotopic (exact) mass is 302 g/mol. The van der Waals surface area contributed by atoms with Gasteiger partial charge in [0.2, 0.25) is 0 Å². The number of pyridine rings is 2. The molecule has 1 aromatic carbocycles. The normalized spacial score (nSPS) is 11.0. The molecule has 0 spiro atoms. The minimum atomic E-state index is -0.283. The molecule has 5 nitrogen and oxygen atoms in total. The van der Waals surface area contributed by atoms with E-state index in [9.17, 15) is 4.79 Å². The van der Waals surface area contributed by atoms with Crippen molar-refractivity contribution in [3.05, 3.63) is 96.1 Å². The highest BCUT2D eigenvalue weighted by molar-refractivity contribution is 6.13. The first-order valence-corrected chi connectivity index (χ1v) is 7.08. The van der Waals surface area contributed by atoms with Crippen LogP contribution in [-0.2, 0) is 0 Å². The second-order valence-electron chi connectivity index (χ2n) is 4.74. The molecule has 0 atom stereocenters. The van der Waals surface area contributed by atoms with Gasteiger partial charge in [-0.3, -0.25) is 14.8 Å². The maximum absolute atomic E-state index is 12.2. The zero-order valence-corrected chi connectivity index (χ0v) is 12.3. The van der Waals surface area contributed by atoms with Crippen LogP contribution in [0.2, 0.25) is 0 Å². The summed E-state index contributed by atoms with van der Waals surface area (Å²) in [5.74, 6) is -0.283. The average molecular weight is 302 g/mol. The topological polar surface area (TPSA) is 67.2 Å². The summed E-state index contributed by atoms with van der Waals surface area (Å²) in [7, 11) is 0. The van der Waals surface area contributed by atoms with E-state index in [1.54, 1.807) is 36.9 Å². The van der Waals surface area contributed by atoms with Crippen molar-refractivity contribution in [1.82, 2.24) is 15.4 Å². The van der Waals surface area contributed by atoms with Crippen LogP contribution in [0, 0.1) is 0 Å². The van der Waals surface area contributed by atoms with Gasteiger partial charge in [0.1, 0.15) is 0 Å². The SMILES string of the molecule is O=C(N/N=C(\c1ccccc1)c1ccncc1)c1ccncc1. The summed E-state index contributed by atoms with van der Waals surface area (Å²) in [5, 5.41) is 4.31. The van der Waals surface area contributed by atoms with Gasteiger partial charge < -0.3 is 0 Å². The van der Waals surface area contributed by atoms with E-state index >= 15 is 0 Å². The number of nitrogens with one attached hydrogen (secondary N) is 1. The molecule has 2 heterocycles. The summed E-state index contributed by atoms with van der Waals surface area (Å²) in [5.41, 5.74) is 5.57. The summed E-state index contributed by atoms with van der Waals surface area (Å²) in [6, 6.07) is 16.7. The summed E-state index contributed by atoms with van der Waals surface area (Å²) >= 11 is 0. The highest BCUT2D eigenvalue weighted by atomic mass is 16.2. The van der Waals surface area contributed by atoms with Gasteiger partial charge in [-0.1, -0.05) is 30.3 Å². The molecule has 0 aliphatic carbocycles. The molecule has 0 saturated carbocycles. The number of carbonyl (C=O) groups excluding carboxylic acids is 1. The molecule has 0 radical (unpaired) electrons. The smallest absolute Gasteiger partial charge is 0.267 e. The first-order chi connectivity index (χ1) is 11.3. The lowest BCUT2D eigenvalue weighted by atomic mass is 10.0. The lowest BCUT2D eigenvalue weighted by Gasteiger charge is -2.07. The maximum atomic E-state index is 12.2. The zero-order chi connectivity index (χ0) is 15.9. The Morgan fingerprint density at radius 1 is 0.739 bits per heavy atom. The fraction of sp³-hybridized carbons (Fsp3) is 0. The second kappa shape index (κ2) is 7.09. The molecule has 0 unspecified atom stereocenters. The van der Waals surface area contributed by atoms with Crippen LogP contribution in [0.4, 0.5) is 0 Å². The molecule has 3 aromatic rings. The molecule has 5 heteroatoms. The van der Waals surface area contributed by atoms with Crippen LogP contribution in [0.15, 0.2) is 84.5 Å². The van der Waals surface area contributed by atoms with Crippen molar-refractivity contribution in [3.8, 4) is 0 Å². The van der Waals surface area contributed by atoms with E-state index in [1.165, 1.54) is 0 Å². The number of hydrogen-bond donors (Lipinski definition) is 1. The summed E-state index contributed by atoms with van der Waals surface area (Å²) in [6.07, 6.45) is 6.52.